The van der Waals surface area contributed by atoms with Gasteiger partial charge in [0.15, 0.2) is 0 Å². The molecule has 1 N–H and O–H groups in total. The van der Waals surface area contributed by atoms with Gasteiger partial charge in [0.1, 0.15) is 0 Å². The van der Waals surface area contributed by atoms with Crippen LogP contribution in [0.1, 0.15) is 49.4 Å². The topological polar surface area (TPSA) is 67.1 Å². The van der Waals surface area contributed by atoms with E-state index < -0.39 is 0 Å². The minimum absolute atomic E-state index is 0.653. The monoisotopic (exact) mass is 355 g/mol. The van der Waals surface area contributed by atoms with Crippen molar-refractivity contribution >= 4 is 0 Å². The minimum atomic E-state index is 0.653. The average Bonchev–Trinajstić information content (AvgIpc) is 3.27. The Balaban J connectivity index is 1.18. The van der Waals surface area contributed by atoms with Crippen molar-refractivity contribution in [3.63, 3.8) is 0 Å². The summed E-state index contributed by atoms with van der Waals surface area (Å²) in [6.07, 6.45) is 11.0. The predicted molar refractivity (Wildman–Crippen MR) is 99.5 cm³/mol. The molecule has 1 aliphatic carbocycles. The van der Waals surface area contributed by atoms with Gasteiger partial charge >= 0.3 is 0 Å². The number of nitrogens with zero attached hydrogens (tertiary/aromatic N) is 4. The van der Waals surface area contributed by atoms with Crippen LogP contribution < -0.4 is 5.32 Å². The number of hydrogen-bond donors (Lipinski definition) is 1. The first-order chi connectivity index (χ1) is 12.7. The molecule has 2 aromatic rings. The van der Waals surface area contributed by atoms with Crippen molar-refractivity contribution in [2.75, 3.05) is 13.1 Å². The highest BCUT2D eigenvalue weighted by Crippen LogP contribution is 2.29. The molecule has 2 aliphatic rings. The molecule has 1 saturated heterocycles. The van der Waals surface area contributed by atoms with Crippen LogP contribution in [0.2, 0.25) is 0 Å². The fourth-order valence-corrected chi connectivity index (χ4v) is 4.42. The van der Waals surface area contributed by atoms with E-state index in [4.69, 9.17) is 4.42 Å². The summed E-state index contributed by atoms with van der Waals surface area (Å²) in [5.41, 5.74) is 1.36. The second-order valence-corrected chi connectivity index (χ2v) is 7.87. The third kappa shape index (κ3) is 4.68. The highest BCUT2D eigenvalue weighted by molar-refractivity contribution is 5.09. The van der Waals surface area contributed by atoms with Gasteiger partial charge < -0.3 is 9.73 Å². The van der Waals surface area contributed by atoms with Crippen LogP contribution in [0, 0.1) is 12.8 Å². The molecule has 2 aromatic heterocycles. The van der Waals surface area contributed by atoms with E-state index in [0.29, 0.717) is 23.9 Å². The Morgan fingerprint density at radius 1 is 1.08 bits per heavy atom. The molecule has 1 aliphatic heterocycles. The van der Waals surface area contributed by atoms with Crippen LogP contribution >= 0.6 is 0 Å². The Morgan fingerprint density at radius 3 is 2.62 bits per heavy atom. The molecular formula is C20H29N5O. The highest BCUT2D eigenvalue weighted by Gasteiger charge is 2.29. The molecule has 0 unspecified atom stereocenters. The van der Waals surface area contributed by atoms with Gasteiger partial charge in [-0.15, -0.1) is 10.2 Å². The molecule has 6 nitrogen and oxygen atoms in total. The fraction of sp³-hybridized carbons (Fsp3) is 0.650. The molecule has 26 heavy (non-hydrogen) atoms. The van der Waals surface area contributed by atoms with Gasteiger partial charge in [-0.1, -0.05) is 0 Å². The van der Waals surface area contributed by atoms with Crippen LogP contribution in [0.4, 0.5) is 0 Å². The quantitative estimate of drug-likeness (QED) is 0.859. The highest BCUT2D eigenvalue weighted by atomic mass is 16.4. The maximum atomic E-state index is 5.54. The molecule has 0 bridgehead atoms. The first-order valence-electron chi connectivity index (χ1n) is 9.91. The first-order valence-corrected chi connectivity index (χ1v) is 9.91. The second kappa shape index (κ2) is 8.27. The van der Waals surface area contributed by atoms with Crippen LogP contribution in [0.15, 0.2) is 28.9 Å². The maximum absolute atomic E-state index is 5.54. The molecule has 3 heterocycles. The molecule has 0 radical (unpaired) electrons. The van der Waals surface area contributed by atoms with Crippen LogP contribution in [-0.2, 0) is 13.0 Å². The zero-order chi connectivity index (χ0) is 17.8. The summed E-state index contributed by atoms with van der Waals surface area (Å²) in [6.45, 7) is 5.26. The van der Waals surface area contributed by atoms with Gasteiger partial charge in [0.05, 0.1) is 0 Å². The van der Waals surface area contributed by atoms with E-state index >= 15 is 0 Å². The number of likely N-dealkylation sites (tertiary alicyclic amines) is 1. The van der Waals surface area contributed by atoms with E-state index in [1.54, 1.807) is 0 Å². The van der Waals surface area contributed by atoms with E-state index in [2.05, 4.69) is 37.5 Å². The van der Waals surface area contributed by atoms with Crippen LogP contribution in [0.3, 0.4) is 0 Å². The maximum Gasteiger partial charge on any atom is 0.216 e. The van der Waals surface area contributed by atoms with Gasteiger partial charge in [-0.25, -0.2) is 0 Å². The zero-order valence-electron chi connectivity index (χ0n) is 15.6. The predicted octanol–water partition coefficient (Wildman–Crippen LogP) is 2.74. The van der Waals surface area contributed by atoms with Crippen molar-refractivity contribution in [1.82, 2.24) is 25.4 Å². The van der Waals surface area contributed by atoms with Crippen molar-refractivity contribution in [1.29, 1.82) is 0 Å². The molecule has 0 spiro atoms. The lowest BCUT2D eigenvalue weighted by Gasteiger charge is -2.34. The van der Waals surface area contributed by atoms with Gasteiger partial charge in [0.25, 0.3) is 0 Å². The number of rotatable bonds is 6. The van der Waals surface area contributed by atoms with Crippen LogP contribution in [0.5, 0.6) is 0 Å². The lowest BCUT2D eigenvalue weighted by molar-refractivity contribution is 0.183. The number of hydrogen-bond acceptors (Lipinski definition) is 6. The SMILES string of the molecule is Cc1nnc(C[C@@H]2CC[C@H](NC3CCN(Cc4ccncc4)CC3)C2)o1. The summed E-state index contributed by atoms with van der Waals surface area (Å²) in [5.74, 6) is 2.16. The van der Waals surface area contributed by atoms with E-state index in [-0.39, 0.29) is 0 Å². The molecular weight excluding hydrogens is 326 g/mol. The fourth-order valence-electron chi connectivity index (χ4n) is 4.42. The Morgan fingerprint density at radius 2 is 1.88 bits per heavy atom. The van der Waals surface area contributed by atoms with Crippen LogP contribution in [-0.4, -0.2) is 45.3 Å². The normalized spacial score (nSPS) is 25.0. The number of piperidine rings is 1. The second-order valence-electron chi connectivity index (χ2n) is 7.87. The Hall–Kier alpha value is -1.79. The summed E-state index contributed by atoms with van der Waals surface area (Å²) in [4.78, 5) is 6.66. The summed E-state index contributed by atoms with van der Waals surface area (Å²) < 4.78 is 5.54. The van der Waals surface area contributed by atoms with Crippen molar-refractivity contribution in [2.45, 2.75) is 64.1 Å². The molecule has 1 saturated carbocycles. The standard InChI is InChI=1S/C20H29N5O/c1-15-23-24-20(26-15)13-17-2-3-19(12-17)22-18-6-10-25(11-7-18)14-16-4-8-21-9-5-16/h4-5,8-9,17-19,22H,2-3,6-7,10-14H2,1H3/t17-,19+/m1/s1. The smallest absolute Gasteiger partial charge is 0.216 e. The Bertz CT molecular complexity index is 681. The Kier molecular flexibility index (Phi) is 5.60. The van der Waals surface area contributed by atoms with Crippen LogP contribution in [0.25, 0.3) is 0 Å². The third-order valence-electron chi connectivity index (χ3n) is 5.79. The zero-order valence-corrected chi connectivity index (χ0v) is 15.6. The molecule has 140 valence electrons. The van der Waals surface area contributed by atoms with Gasteiger partial charge in [-0.2, -0.15) is 0 Å². The Labute approximate surface area is 155 Å². The summed E-state index contributed by atoms with van der Waals surface area (Å²) >= 11 is 0. The molecule has 6 heteroatoms. The van der Waals surface area contributed by atoms with Crippen molar-refractivity contribution in [3.8, 4) is 0 Å². The van der Waals surface area contributed by atoms with Gasteiger partial charge in [-0.3, -0.25) is 9.88 Å². The molecule has 0 amide bonds. The van der Waals surface area contributed by atoms with Gasteiger partial charge in [0.2, 0.25) is 11.8 Å². The van der Waals surface area contributed by atoms with E-state index in [1.165, 1.54) is 50.8 Å². The molecule has 4 rings (SSSR count). The lowest BCUT2D eigenvalue weighted by Crippen LogP contribution is -2.45. The molecule has 2 fully saturated rings. The number of nitrogens with one attached hydrogen (secondary N) is 1. The van der Waals surface area contributed by atoms with E-state index in [9.17, 15) is 0 Å². The third-order valence-corrected chi connectivity index (χ3v) is 5.79. The summed E-state index contributed by atoms with van der Waals surface area (Å²) in [6, 6.07) is 5.56. The number of pyridine rings is 1. The number of aryl methyl sites for hydroxylation is 1. The molecule has 2 atom stereocenters. The number of aromatic nitrogens is 3. The van der Waals surface area contributed by atoms with Gasteiger partial charge in [-0.05, 0) is 68.8 Å². The molecule has 0 aromatic carbocycles. The van der Waals surface area contributed by atoms with Gasteiger partial charge in [0, 0.05) is 44.4 Å². The minimum Gasteiger partial charge on any atom is -0.426 e. The first kappa shape index (κ1) is 17.6. The van der Waals surface area contributed by atoms with Crippen molar-refractivity contribution in [3.05, 3.63) is 41.9 Å². The average molecular weight is 355 g/mol. The van der Waals surface area contributed by atoms with E-state index in [1.807, 2.05) is 19.3 Å². The largest absolute Gasteiger partial charge is 0.426 e. The summed E-state index contributed by atoms with van der Waals surface area (Å²) in [7, 11) is 0. The van der Waals surface area contributed by atoms with Crippen molar-refractivity contribution in [2.24, 2.45) is 5.92 Å². The van der Waals surface area contributed by atoms with Crippen molar-refractivity contribution < 1.29 is 4.42 Å². The lowest BCUT2D eigenvalue weighted by atomic mass is 10.0. The summed E-state index contributed by atoms with van der Waals surface area (Å²) in [5, 5.41) is 12.0. The van der Waals surface area contributed by atoms with E-state index in [0.717, 1.165) is 18.9 Å².